The van der Waals surface area contributed by atoms with Crippen molar-refractivity contribution in [2.24, 2.45) is 0 Å². The first kappa shape index (κ1) is 10.5. The van der Waals surface area contributed by atoms with E-state index in [4.69, 9.17) is 0 Å². The van der Waals surface area contributed by atoms with Crippen molar-refractivity contribution in [2.75, 3.05) is 12.3 Å². The third-order valence-electron chi connectivity index (χ3n) is 2.48. The Labute approximate surface area is 95.9 Å². The average molecular weight is 217 g/mol. The van der Waals surface area contributed by atoms with Gasteiger partial charge >= 0.3 is 0 Å². The molecule has 2 heteroatoms. The Balaban J connectivity index is 2.26. The molecular weight excluding hydrogens is 202 g/mol. The van der Waals surface area contributed by atoms with Crippen LogP contribution in [0.25, 0.3) is 10.8 Å². The molecule has 2 aromatic carbocycles. The molecule has 0 aliphatic carbocycles. The second kappa shape index (κ2) is 5.19. The molecule has 0 atom stereocenters. The molecule has 1 N–H and O–H groups in total. The highest BCUT2D eigenvalue weighted by molar-refractivity contribution is 7.80. The lowest BCUT2D eigenvalue weighted by molar-refractivity contribution is 0.737. The van der Waals surface area contributed by atoms with Crippen molar-refractivity contribution in [3.8, 4) is 0 Å². The van der Waals surface area contributed by atoms with E-state index in [-0.39, 0.29) is 0 Å². The Morgan fingerprint density at radius 1 is 1.00 bits per heavy atom. The van der Waals surface area contributed by atoms with Crippen LogP contribution in [-0.2, 0) is 6.54 Å². The van der Waals surface area contributed by atoms with Crippen LogP contribution in [-0.4, -0.2) is 12.3 Å². The maximum atomic E-state index is 4.18. The molecule has 0 heterocycles. The quantitative estimate of drug-likeness (QED) is 0.593. The molecule has 2 rings (SSSR count). The van der Waals surface area contributed by atoms with Gasteiger partial charge in [0.25, 0.3) is 0 Å². The fraction of sp³-hybridized carbons (Fsp3) is 0.231. The largest absolute Gasteiger partial charge is 0.312 e. The molecule has 78 valence electrons. The number of rotatable bonds is 4. The van der Waals surface area contributed by atoms with E-state index < -0.39 is 0 Å². The van der Waals surface area contributed by atoms with Crippen molar-refractivity contribution in [3.05, 3.63) is 48.0 Å². The fourth-order valence-corrected chi connectivity index (χ4v) is 1.91. The van der Waals surface area contributed by atoms with E-state index in [1.54, 1.807) is 0 Å². The Kier molecular flexibility index (Phi) is 3.64. The summed E-state index contributed by atoms with van der Waals surface area (Å²) in [7, 11) is 0. The van der Waals surface area contributed by atoms with Crippen LogP contribution in [0.3, 0.4) is 0 Å². The molecule has 0 saturated heterocycles. The van der Waals surface area contributed by atoms with Gasteiger partial charge in [-0.05, 0) is 16.3 Å². The lowest BCUT2D eigenvalue weighted by Crippen LogP contribution is -2.15. The van der Waals surface area contributed by atoms with Crippen LogP contribution in [0.15, 0.2) is 42.5 Å². The lowest BCUT2D eigenvalue weighted by Gasteiger charge is -2.07. The Bertz CT molecular complexity index is 434. The van der Waals surface area contributed by atoms with Gasteiger partial charge in [0, 0.05) is 18.8 Å². The van der Waals surface area contributed by atoms with Crippen LogP contribution in [0.2, 0.25) is 0 Å². The van der Waals surface area contributed by atoms with Crippen molar-refractivity contribution >= 4 is 23.4 Å². The van der Waals surface area contributed by atoms with Gasteiger partial charge in [-0.15, -0.1) is 0 Å². The Morgan fingerprint density at radius 2 is 1.80 bits per heavy atom. The molecule has 0 aliphatic rings. The molecule has 15 heavy (non-hydrogen) atoms. The normalized spacial score (nSPS) is 10.7. The number of fused-ring (bicyclic) bond motifs is 1. The Hall–Kier alpha value is -0.990. The highest BCUT2D eigenvalue weighted by Crippen LogP contribution is 2.17. The molecule has 0 radical (unpaired) electrons. The van der Waals surface area contributed by atoms with E-state index in [2.05, 4.69) is 60.4 Å². The minimum Gasteiger partial charge on any atom is -0.312 e. The van der Waals surface area contributed by atoms with E-state index in [0.29, 0.717) is 0 Å². The third kappa shape index (κ3) is 2.52. The van der Waals surface area contributed by atoms with E-state index in [1.807, 2.05) is 0 Å². The summed E-state index contributed by atoms with van der Waals surface area (Å²) in [5.41, 5.74) is 1.36. The maximum Gasteiger partial charge on any atom is 0.0211 e. The van der Waals surface area contributed by atoms with Crippen molar-refractivity contribution in [1.82, 2.24) is 5.32 Å². The standard InChI is InChI=1S/C13H15NS/c15-9-8-14-10-12-6-3-5-11-4-1-2-7-13(11)12/h1-7,14-15H,8-10H2. The van der Waals surface area contributed by atoms with Gasteiger partial charge in [-0.3, -0.25) is 0 Å². The van der Waals surface area contributed by atoms with E-state index >= 15 is 0 Å². The summed E-state index contributed by atoms with van der Waals surface area (Å²) in [5, 5.41) is 6.01. The molecule has 0 unspecified atom stereocenters. The van der Waals surface area contributed by atoms with Gasteiger partial charge in [0.1, 0.15) is 0 Å². The molecule has 0 aromatic heterocycles. The van der Waals surface area contributed by atoms with Crippen molar-refractivity contribution < 1.29 is 0 Å². The smallest absolute Gasteiger partial charge is 0.0211 e. The highest BCUT2D eigenvalue weighted by Gasteiger charge is 1.98. The molecule has 0 bridgehead atoms. The van der Waals surface area contributed by atoms with Crippen LogP contribution >= 0.6 is 12.6 Å². The summed E-state index contributed by atoms with van der Waals surface area (Å²) in [5.74, 6) is 0.880. The minimum atomic E-state index is 0.880. The summed E-state index contributed by atoms with van der Waals surface area (Å²) < 4.78 is 0. The minimum absolute atomic E-state index is 0.880. The maximum absolute atomic E-state index is 4.18. The van der Waals surface area contributed by atoms with E-state index in [9.17, 15) is 0 Å². The van der Waals surface area contributed by atoms with Crippen molar-refractivity contribution in [1.29, 1.82) is 0 Å². The second-order valence-corrected chi connectivity index (χ2v) is 3.99. The van der Waals surface area contributed by atoms with Gasteiger partial charge in [-0.2, -0.15) is 12.6 Å². The zero-order valence-electron chi connectivity index (χ0n) is 8.61. The summed E-state index contributed by atoms with van der Waals surface area (Å²) in [4.78, 5) is 0. The highest BCUT2D eigenvalue weighted by atomic mass is 32.1. The van der Waals surface area contributed by atoms with E-state index in [0.717, 1.165) is 18.8 Å². The molecule has 2 aromatic rings. The van der Waals surface area contributed by atoms with Crippen LogP contribution in [0.1, 0.15) is 5.56 Å². The number of thiol groups is 1. The van der Waals surface area contributed by atoms with Gasteiger partial charge in [0.15, 0.2) is 0 Å². The van der Waals surface area contributed by atoms with Gasteiger partial charge in [0.2, 0.25) is 0 Å². The molecule has 0 aliphatic heterocycles. The van der Waals surface area contributed by atoms with Gasteiger partial charge in [-0.25, -0.2) is 0 Å². The number of benzene rings is 2. The summed E-state index contributed by atoms with van der Waals surface area (Å²) in [6, 6.07) is 14.9. The lowest BCUT2D eigenvalue weighted by atomic mass is 10.0. The molecule has 0 saturated carbocycles. The first-order valence-corrected chi connectivity index (χ1v) is 5.83. The molecule has 1 nitrogen and oxygen atoms in total. The third-order valence-corrected chi connectivity index (χ3v) is 2.71. The van der Waals surface area contributed by atoms with Crippen LogP contribution in [0.5, 0.6) is 0 Å². The SMILES string of the molecule is SCCNCc1cccc2ccccc12. The molecule has 0 amide bonds. The predicted octanol–water partition coefficient (Wildman–Crippen LogP) is 2.86. The van der Waals surface area contributed by atoms with Crippen LogP contribution in [0.4, 0.5) is 0 Å². The van der Waals surface area contributed by atoms with Crippen LogP contribution < -0.4 is 5.32 Å². The predicted molar refractivity (Wildman–Crippen MR) is 69.5 cm³/mol. The molecule has 0 spiro atoms. The zero-order valence-corrected chi connectivity index (χ0v) is 9.50. The number of nitrogens with one attached hydrogen (secondary N) is 1. The van der Waals surface area contributed by atoms with Gasteiger partial charge < -0.3 is 5.32 Å². The topological polar surface area (TPSA) is 12.0 Å². The average Bonchev–Trinajstić information content (AvgIpc) is 2.30. The van der Waals surface area contributed by atoms with Gasteiger partial charge in [0.05, 0.1) is 0 Å². The van der Waals surface area contributed by atoms with Gasteiger partial charge in [-0.1, -0.05) is 42.5 Å². The summed E-state index contributed by atoms with van der Waals surface area (Å²) in [6.45, 7) is 1.87. The number of hydrogen-bond acceptors (Lipinski definition) is 2. The van der Waals surface area contributed by atoms with Crippen molar-refractivity contribution in [3.63, 3.8) is 0 Å². The van der Waals surface area contributed by atoms with Crippen LogP contribution in [0, 0.1) is 0 Å². The summed E-state index contributed by atoms with van der Waals surface area (Å²) >= 11 is 4.18. The number of hydrogen-bond donors (Lipinski definition) is 2. The van der Waals surface area contributed by atoms with E-state index in [1.165, 1.54) is 16.3 Å². The summed E-state index contributed by atoms with van der Waals surface area (Å²) in [6.07, 6.45) is 0. The van der Waals surface area contributed by atoms with Crippen molar-refractivity contribution in [2.45, 2.75) is 6.54 Å². The molecule has 0 fully saturated rings. The first-order valence-electron chi connectivity index (χ1n) is 5.20. The zero-order chi connectivity index (χ0) is 10.5. The second-order valence-electron chi connectivity index (χ2n) is 3.54. The monoisotopic (exact) mass is 217 g/mol. The first-order chi connectivity index (χ1) is 7.42. The fourth-order valence-electron chi connectivity index (χ4n) is 1.75. The molecular formula is C13H15NS. The Morgan fingerprint density at radius 3 is 2.67 bits per heavy atom.